The fraction of sp³-hybridized carbons (Fsp3) is 0.417. The molecule has 1 unspecified atom stereocenters. The molecule has 0 radical (unpaired) electrons. The first-order valence-electron chi connectivity index (χ1n) is 5.92. The third-order valence-electron chi connectivity index (χ3n) is 3.26. The molecule has 1 aromatic carbocycles. The number of benzene rings is 1. The summed E-state index contributed by atoms with van der Waals surface area (Å²) in [5.74, 6) is 0. The molecule has 5 nitrogen and oxygen atoms in total. The molecular formula is C12H15Cl2N3O2S. The number of nitrogens with two attached hydrogens (primary N) is 1. The van der Waals surface area contributed by atoms with Crippen molar-refractivity contribution in [1.29, 1.82) is 5.26 Å². The van der Waals surface area contributed by atoms with Crippen LogP contribution in [0.25, 0.3) is 0 Å². The number of hydrogen-bond donors (Lipinski definition) is 1. The van der Waals surface area contributed by atoms with Crippen LogP contribution in [0.2, 0.25) is 5.02 Å². The summed E-state index contributed by atoms with van der Waals surface area (Å²) in [4.78, 5) is 0.0915. The number of rotatable bonds is 3. The second-order valence-electron chi connectivity index (χ2n) is 4.40. The van der Waals surface area contributed by atoms with Gasteiger partial charge in [-0.3, -0.25) is 0 Å². The molecular weight excluding hydrogens is 321 g/mol. The summed E-state index contributed by atoms with van der Waals surface area (Å²) in [5.41, 5.74) is 5.76. The number of nitrogens with zero attached hydrogens (tertiary/aromatic N) is 2. The van der Waals surface area contributed by atoms with Gasteiger partial charge in [-0.2, -0.15) is 9.57 Å². The summed E-state index contributed by atoms with van der Waals surface area (Å²) < 4.78 is 26.4. The van der Waals surface area contributed by atoms with E-state index < -0.39 is 10.0 Å². The third-order valence-corrected chi connectivity index (χ3v) is 5.54. The van der Waals surface area contributed by atoms with Crippen LogP contribution in [0.5, 0.6) is 0 Å². The van der Waals surface area contributed by atoms with E-state index in [-0.39, 0.29) is 33.9 Å². The molecule has 8 heteroatoms. The van der Waals surface area contributed by atoms with Gasteiger partial charge in [0.1, 0.15) is 6.07 Å². The Morgan fingerprint density at radius 1 is 1.50 bits per heavy atom. The lowest BCUT2D eigenvalue weighted by atomic mass is 10.2. The second-order valence-corrected chi connectivity index (χ2v) is 6.70. The maximum absolute atomic E-state index is 12.5. The van der Waals surface area contributed by atoms with Crippen LogP contribution in [0.1, 0.15) is 18.4 Å². The Hall–Kier alpha value is -0.840. The van der Waals surface area contributed by atoms with Crippen LogP contribution in [0, 0.1) is 11.3 Å². The van der Waals surface area contributed by atoms with Crippen molar-refractivity contribution in [3.05, 3.63) is 28.8 Å². The highest BCUT2D eigenvalue weighted by atomic mass is 35.5. The maximum atomic E-state index is 12.5. The first-order chi connectivity index (χ1) is 9.00. The predicted molar refractivity (Wildman–Crippen MR) is 79.4 cm³/mol. The van der Waals surface area contributed by atoms with Gasteiger partial charge < -0.3 is 5.73 Å². The van der Waals surface area contributed by atoms with Crippen LogP contribution in [-0.2, 0) is 10.0 Å². The average Bonchev–Trinajstić information content (AvgIpc) is 2.88. The third kappa shape index (κ3) is 3.08. The van der Waals surface area contributed by atoms with Crippen molar-refractivity contribution in [2.75, 3.05) is 13.1 Å². The molecule has 1 saturated heterocycles. The standard InChI is InChI=1S/C12H14ClN3O2S.ClH/c13-12-4-3-11(6-9(12)7-14)19(17,18)16-5-1-2-10(16)8-15;/h3-4,6,10H,1-2,5,8,15H2;1H. The van der Waals surface area contributed by atoms with Gasteiger partial charge in [0.2, 0.25) is 10.0 Å². The number of halogens is 2. The quantitative estimate of drug-likeness (QED) is 0.911. The summed E-state index contributed by atoms with van der Waals surface area (Å²) >= 11 is 5.81. The van der Waals surface area contributed by atoms with Crippen molar-refractivity contribution in [3.63, 3.8) is 0 Å². The lowest BCUT2D eigenvalue weighted by Gasteiger charge is -2.22. The smallest absolute Gasteiger partial charge is 0.243 e. The van der Waals surface area contributed by atoms with Crippen molar-refractivity contribution in [2.45, 2.75) is 23.8 Å². The van der Waals surface area contributed by atoms with Gasteiger partial charge in [0.25, 0.3) is 0 Å². The van der Waals surface area contributed by atoms with E-state index in [0.29, 0.717) is 13.1 Å². The van der Waals surface area contributed by atoms with E-state index in [2.05, 4.69) is 0 Å². The molecule has 1 atom stereocenters. The first-order valence-corrected chi connectivity index (χ1v) is 7.74. The van der Waals surface area contributed by atoms with Crippen molar-refractivity contribution in [3.8, 4) is 6.07 Å². The first kappa shape index (κ1) is 17.2. The van der Waals surface area contributed by atoms with Gasteiger partial charge in [-0.25, -0.2) is 8.42 Å². The molecule has 1 heterocycles. The molecule has 0 saturated carbocycles. The molecule has 1 aromatic rings. The molecule has 0 aliphatic carbocycles. The molecule has 20 heavy (non-hydrogen) atoms. The minimum atomic E-state index is -3.61. The van der Waals surface area contributed by atoms with E-state index in [9.17, 15) is 8.42 Å². The van der Waals surface area contributed by atoms with E-state index in [1.54, 1.807) is 0 Å². The molecule has 2 rings (SSSR count). The highest BCUT2D eigenvalue weighted by molar-refractivity contribution is 7.89. The monoisotopic (exact) mass is 335 g/mol. The SMILES string of the molecule is Cl.N#Cc1cc(S(=O)(=O)N2CCCC2CN)ccc1Cl. The van der Waals surface area contributed by atoms with Gasteiger partial charge in [0.05, 0.1) is 15.5 Å². The molecule has 0 amide bonds. The van der Waals surface area contributed by atoms with Crippen LogP contribution in [-0.4, -0.2) is 31.9 Å². The van der Waals surface area contributed by atoms with Gasteiger partial charge in [-0.1, -0.05) is 11.6 Å². The van der Waals surface area contributed by atoms with E-state index in [0.717, 1.165) is 12.8 Å². The largest absolute Gasteiger partial charge is 0.329 e. The van der Waals surface area contributed by atoms with Crippen LogP contribution in [0.15, 0.2) is 23.1 Å². The van der Waals surface area contributed by atoms with Gasteiger partial charge in [0, 0.05) is 19.1 Å². The lowest BCUT2D eigenvalue weighted by molar-refractivity contribution is 0.393. The van der Waals surface area contributed by atoms with Crippen LogP contribution in [0.3, 0.4) is 0 Å². The zero-order valence-electron chi connectivity index (χ0n) is 10.6. The number of sulfonamides is 1. The highest BCUT2D eigenvalue weighted by Gasteiger charge is 2.34. The summed E-state index contributed by atoms with van der Waals surface area (Å²) in [6, 6.07) is 5.88. The van der Waals surface area contributed by atoms with Gasteiger partial charge >= 0.3 is 0 Å². The second kappa shape index (κ2) is 6.74. The van der Waals surface area contributed by atoms with Crippen LogP contribution in [0.4, 0.5) is 0 Å². The Bertz CT molecular complexity index is 628. The molecule has 1 aliphatic heterocycles. The van der Waals surface area contributed by atoms with Gasteiger partial charge in [-0.15, -0.1) is 12.4 Å². The maximum Gasteiger partial charge on any atom is 0.243 e. The summed E-state index contributed by atoms with van der Waals surface area (Å²) in [7, 11) is -3.61. The van der Waals surface area contributed by atoms with Crippen molar-refractivity contribution in [2.24, 2.45) is 5.73 Å². The molecule has 1 aliphatic rings. The van der Waals surface area contributed by atoms with Crippen molar-refractivity contribution < 1.29 is 8.42 Å². The van der Waals surface area contributed by atoms with E-state index in [1.807, 2.05) is 6.07 Å². The normalized spacial score (nSPS) is 19.4. The van der Waals surface area contributed by atoms with Crippen molar-refractivity contribution >= 4 is 34.0 Å². The predicted octanol–water partition coefficient (Wildman–Crippen LogP) is 1.75. The fourth-order valence-corrected chi connectivity index (χ4v) is 4.14. The van der Waals surface area contributed by atoms with Gasteiger partial charge in [0.15, 0.2) is 0 Å². The fourth-order valence-electron chi connectivity index (χ4n) is 2.25. The topological polar surface area (TPSA) is 87.2 Å². The zero-order chi connectivity index (χ0) is 14.0. The molecule has 1 fully saturated rings. The molecule has 0 aromatic heterocycles. The molecule has 2 N–H and O–H groups in total. The number of hydrogen-bond acceptors (Lipinski definition) is 4. The Morgan fingerprint density at radius 3 is 2.80 bits per heavy atom. The Labute approximate surface area is 129 Å². The summed E-state index contributed by atoms with van der Waals surface area (Å²) in [6.07, 6.45) is 1.58. The lowest BCUT2D eigenvalue weighted by Crippen LogP contribution is -2.39. The Kier molecular flexibility index (Phi) is 5.80. The van der Waals surface area contributed by atoms with Crippen LogP contribution < -0.4 is 5.73 Å². The summed E-state index contributed by atoms with van der Waals surface area (Å²) in [6.45, 7) is 0.770. The van der Waals surface area contributed by atoms with Crippen LogP contribution >= 0.6 is 24.0 Å². The summed E-state index contributed by atoms with van der Waals surface area (Å²) in [5, 5.41) is 9.16. The minimum Gasteiger partial charge on any atom is -0.329 e. The molecule has 110 valence electrons. The Balaban J connectivity index is 0.00000200. The van der Waals surface area contributed by atoms with E-state index >= 15 is 0 Å². The van der Waals surface area contributed by atoms with Crippen molar-refractivity contribution in [1.82, 2.24) is 4.31 Å². The molecule has 0 bridgehead atoms. The van der Waals surface area contributed by atoms with E-state index in [4.69, 9.17) is 22.6 Å². The number of nitriles is 1. The Morgan fingerprint density at radius 2 is 2.20 bits per heavy atom. The van der Waals surface area contributed by atoms with E-state index in [1.165, 1.54) is 22.5 Å². The average molecular weight is 336 g/mol. The van der Waals surface area contributed by atoms with Gasteiger partial charge in [-0.05, 0) is 31.0 Å². The zero-order valence-corrected chi connectivity index (χ0v) is 13.0. The highest BCUT2D eigenvalue weighted by Crippen LogP contribution is 2.27. The molecule has 0 spiro atoms. The minimum absolute atomic E-state index is 0.